The summed E-state index contributed by atoms with van der Waals surface area (Å²) in [6.45, 7) is 3.81. The molecule has 3 rings (SSSR count). The lowest BCUT2D eigenvalue weighted by molar-refractivity contribution is 0.469. The summed E-state index contributed by atoms with van der Waals surface area (Å²) in [5, 5.41) is 19.1. The second-order valence-electron chi connectivity index (χ2n) is 5.20. The number of halogens is 1. The molecule has 5 nitrogen and oxygen atoms in total. The van der Waals surface area contributed by atoms with Gasteiger partial charge in [0, 0.05) is 5.02 Å². The van der Waals surface area contributed by atoms with Gasteiger partial charge in [-0.05, 0) is 61.4 Å². The van der Waals surface area contributed by atoms with Gasteiger partial charge in [-0.3, -0.25) is 0 Å². The quantitative estimate of drug-likeness (QED) is 0.520. The van der Waals surface area contributed by atoms with Gasteiger partial charge in [0.2, 0.25) is 5.69 Å². The highest BCUT2D eigenvalue weighted by atomic mass is 35.5. The second kappa shape index (κ2) is 5.85. The van der Waals surface area contributed by atoms with E-state index in [1.54, 1.807) is 36.4 Å². The van der Waals surface area contributed by atoms with E-state index >= 15 is 0 Å². The lowest BCUT2D eigenvalue weighted by Crippen LogP contribution is -1.99. The van der Waals surface area contributed by atoms with Crippen LogP contribution in [0.1, 0.15) is 11.1 Å². The van der Waals surface area contributed by atoms with Crippen LogP contribution in [0.3, 0.4) is 0 Å². The van der Waals surface area contributed by atoms with Gasteiger partial charge >= 0.3 is 5.63 Å². The number of azo groups is 1. The van der Waals surface area contributed by atoms with E-state index in [1.807, 2.05) is 13.8 Å². The van der Waals surface area contributed by atoms with E-state index in [4.69, 9.17) is 16.0 Å². The van der Waals surface area contributed by atoms with Crippen LogP contribution < -0.4 is 5.63 Å². The molecule has 1 heterocycles. The van der Waals surface area contributed by atoms with Gasteiger partial charge in [0.25, 0.3) is 0 Å². The molecule has 0 amide bonds. The highest BCUT2D eigenvalue weighted by Gasteiger charge is 2.14. The van der Waals surface area contributed by atoms with E-state index in [0.29, 0.717) is 21.7 Å². The van der Waals surface area contributed by atoms with Crippen LogP contribution in [-0.4, -0.2) is 5.11 Å². The summed E-state index contributed by atoms with van der Waals surface area (Å²) in [6, 6.07) is 10.1. The monoisotopic (exact) mass is 328 g/mol. The number of rotatable bonds is 2. The molecule has 0 atom stereocenters. The fourth-order valence-electron chi connectivity index (χ4n) is 2.14. The van der Waals surface area contributed by atoms with Crippen LogP contribution in [-0.2, 0) is 0 Å². The fourth-order valence-corrected chi connectivity index (χ4v) is 2.26. The van der Waals surface area contributed by atoms with Crippen molar-refractivity contribution in [1.82, 2.24) is 0 Å². The molecule has 0 saturated heterocycles. The average Bonchev–Trinajstić information content (AvgIpc) is 2.51. The molecule has 1 aromatic heterocycles. The number of hydrogen-bond acceptors (Lipinski definition) is 5. The summed E-state index contributed by atoms with van der Waals surface area (Å²) in [5.74, 6) is -0.239. The SMILES string of the molecule is Cc1cc2oc(=O)c(N=Nc3ccc(Cl)cc3)c(O)c2cc1C. The van der Waals surface area contributed by atoms with Crippen molar-refractivity contribution in [3.05, 3.63) is 63.0 Å². The Bertz CT molecular complexity index is 976. The first kappa shape index (κ1) is 15.2. The summed E-state index contributed by atoms with van der Waals surface area (Å²) in [4.78, 5) is 12.0. The minimum Gasteiger partial charge on any atom is -0.505 e. The molecule has 0 fully saturated rings. The van der Waals surface area contributed by atoms with Crippen molar-refractivity contribution in [2.24, 2.45) is 10.2 Å². The molecule has 2 aromatic carbocycles. The predicted octanol–water partition coefficient (Wildman–Crippen LogP) is 5.18. The Labute approximate surface area is 136 Å². The normalized spacial score (nSPS) is 11.4. The zero-order valence-electron chi connectivity index (χ0n) is 12.5. The maximum absolute atomic E-state index is 12.0. The van der Waals surface area contributed by atoms with E-state index in [9.17, 15) is 9.90 Å². The molecule has 3 aromatic rings. The third kappa shape index (κ3) is 2.96. The average molecular weight is 329 g/mol. The molecule has 0 bridgehead atoms. The highest BCUT2D eigenvalue weighted by molar-refractivity contribution is 6.30. The minimum atomic E-state index is -0.740. The number of aryl methyl sites for hydroxylation is 2. The maximum Gasteiger partial charge on any atom is 0.368 e. The maximum atomic E-state index is 12.0. The number of aromatic hydroxyl groups is 1. The molecule has 0 aliphatic heterocycles. The van der Waals surface area contributed by atoms with Gasteiger partial charge in [-0.15, -0.1) is 5.11 Å². The van der Waals surface area contributed by atoms with Gasteiger partial charge < -0.3 is 9.52 Å². The highest BCUT2D eigenvalue weighted by Crippen LogP contribution is 2.34. The van der Waals surface area contributed by atoms with Crippen molar-refractivity contribution >= 4 is 33.9 Å². The lowest BCUT2D eigenvalue weighted by atomic mass is 10.1. The van der Waals surface area contributed by atoms with Crippen molar-refractivity contribution in [2.75, 3.05) is 0 Å². The Hall–Kier alpha value is -2.66. The molecule has 23 heavy (non-hydrogen) atoms. The van der Waals surface area contributed by atoms with Crippen molar-refractivity contribution in [1.29, 1.82) is 0 Å². The van der Waals surface area contributed by atoms with E-state index in [0.717, 1.165) is 11.1 Å². The number of hydrogen-bond donors (Lipinski definition) is 1. The Morgan fingerprint density at radius 2 is 1.70 bits per heavy atom. The predicted molar refractivity (Wildman–Crippen MR) is 89.3 cm³/mol. The van der Waals surface area contributed by atoms with Crippen molar-refractivity contribution in [3.8, 4) is 5.75 Å². The van der Waals surface area contributed by atoms with Crippen molar-refractivity contribution < 1.29 is 9.52 Å². The van der Waals surface area contributed by atoms with Crippen LogP contribution in [0.15, 0.2) is 55.8 Å². The topological polar surface area (TPSA) is 75.2 Å². The Morgan fingerprint density at radius 3 is 2.39 bits per heavy atom. The third-order valence-electron chi connectivity index (χ3n) is 3.56. The third-order valence-corrected chi connectivity index (χ3v) is 3.82. The van der Waals surface area contributed by atoms with Crippen LogP contribution >= 0.6 is 11.6 Å². The first-order valence-corrected chi connectivity index (χ1v) is 7.28. The van der Waals surface area contributed by atoms with E-state index in [-0.39, 0.29) is 11.4 Å². The van der Waals surface area contributed by atoms with Gasteiger partial charge in [0.1, 0.15) is 5.58 Å². The van der Waals surface area contributed by atoms with E-state index < -0.39 is 5.63 Å². The van der Waals surface area contributed by atoms with Crippen molar-refractivity contribution in [2.45, 2.75) is 13.8 Å². The molecule has 0 spiro atoms. The van der Waals surface area contributed by atoms with Crippen LogP contribution in [0.2, 0.25) is 5.02 Å². The molecule has 0 saturated carbocycles. The smallest absolute Gasteiger partial charge is 0.368 e. The summed E-state index contributed by atoms with van der Waals surface area (Å²) >= 11 is 5.79. The Balaban J connectivity index is 2.12. The Kier molecular flexibility index (Phi) is 3.88. The van der Waals surface area contributed by atoms with Crippen LogP contribution in [0.25, 0.3) is 11.0 Å². The number of fused-ring (bicyclic) bond motifs is 1. The first-order chi connectivity index (χ1) is 11.0. The van der Waals surface area contributed by atoms with E-state index in [1.165, 1.54) is 0 Å². The molecule has 0 radical (unpaired) electrons. The molecular formula is C17H13ClN2O3. The molecule has 0 aliphatic rings. The molecule has 0 unspecified atom stereocenters. The standard InChI is InChI=1S/C17H13ClN2O3/c1-9-7-13-14(8-10(9)2)23-17(22)15(16(13)21)20-19-12-5-3-11(18)4-6-12/h3-8,21H,1-2H3. The number of benzene rings is 2. The summed E-state index contributed by atoms with van der Waals surface area (Å²) in [5.41, 5.74) is 1.80. The minimum absolute atomic E-state index is 0.226. The number of nitrogens with zero attached hydrogens (tertiary/aromatic N) is 2. The molecule has 6 heteroatoms. The zero-order valence-corrected chi connectivity index (χ0v) is 13.3. The van der Waals surface area contributed by atoms with Crippen LogP contribution in [0, 0.1) is 13.8 Å². The molecule has 116 valence electrons. The van der Waals surface area contributed by atoms with E-state index in [2.05, 4.69) is 10.2 Å². The zero-order chi connectivity index (χ0) is 16.6. The fraction of sp³-hybridized carbons (Fsp3) is 0.118. The second-order valence-corrected chi connectivity index (χ2v) is 5.63. The largest absolute Gasteiger partial charge is 0.505 e. The Morgan fingerprint density at radius 1 is 1.04 bits per heavy atom. The molecule has 0 aliphatic carbocycles. The first-order valence-electron chi connectivity index (χ1n) is 6.90. The van der Waals surface area contributed by atoms with Gasteiger partial charge in [0.05, 0.1) is 11.1 Å². The summed E-state index contributed by atoms with van der Waals surface area (Å²) in [6.07, 6.45) is 0. The van der Waals surface area contributed by atoms with Gasteiger partial charge in [-0.25, -0.2) is 4.79 Å². The van der Waals surface area contributed by atoms with Crippen molar-refractivity contribution in [3.63, 3.8) is 0 Å². The van der Waals surface area contributed by atoms with Gasteiger partial charge in [0.15, 0.2) is 5.75 Å². The molecule has 1 N–H and O–H groups in total. The van der Waals surface area contributed by atoms with Crippen LogP contribution in [0.5, 0.6) is 5.75 Å². The molecular weight excluding hydrogens is 316 g/mol. The lowest BCUT2D eigenvalue weighted by Gasteiger charge is -2.05. The summed E-state index contributed by atoms with van der Waals surface area (Å²) < 4.78 is 5.23. The summed E-state index contributed by atoms with van der Waals surface area (Å²) in [7, 11) is 0. The van der Waals surface area contributed by atoms with Gasteiger partial charge in [-0.1, -0.05) is 11.6 Å². The van der Waals surface area contributed by atoms with Gasteiger partial charge in [-0.2, -0.15) is 5.11 Å². The van der Waals surface area contributed by atoms with Crippen LogP contribution in [0.4, 0.5) is 11.4 Å².